The second kappa shape index (κ2) is 8.78. The maximum absolute atomic E-state index is 12.9. The molecule has 0 aliphatic heterocycles. The predicted octanol–water partition coefficient (Wildman–Crippen LogP) is 2.74. The highest BCUT2D eigenvalue weighted by Gasteiger charge is 2.03. The van der Waals surface area contributed by atoms with Crippen LogP contribution >= 0.6 is 0 Å². The number of halogens is 1. The second-order valence-corrected chi connectivity index (χ2v) is 5.04. The predicted molar refractivity (Wildman–Crippen MR) is 91.3 cm³/mol. The molecular weight excluding hydrogens is 293 g/mol. The van der Waals surface area contributed by atoms with Gasteiger partial charge in [0.25, 0.3) is 0 Å². The fourth-order valence-electron chi connectivity index (χ4n) is 2.22. The lowest BCUT2D eigenvalue weighted by molar-refractivity contribution is 0.409. The van der Waals surface area contributed by atoms with E-state index in [9.17, 15) is 4.39 Å². The average molecular weight is 315 g/mol. The van der Waals surface area contributed by atoms with Gasteiger partial charge in [0.05, 0.1) is 7.11 Å². The lowest BCUT2D eigenvalue weighted by Gasteiger charge is -2.13. The maximum atomic E-state index is 12.9. The minimum absolute atomic E-state index is 0.212. The minimum Gasteiger partial charge on any atom is -0.496 e. The standard InChI is InChI=1S/C18H22FN3O/c1-20-18(21-12-11-14-7-9-16(19)10-8-14)22-13-15-5-3-4-6-17(15)23-2/h3-10H,11-13H2,1-2H3,(H2,20,21,22). The van der Waals surface area contributed by atoms with Gasteiger partial charge in [0.1, 0.15) is 11.6 Å². The van der Waals surface area contributed by atoms with Crippen LogP contribution in [0.15, 0.2) is 53.5 Å². The average Bonchev–Trinajstić information content (AvgIpc) is 2.59. The first-order chi connectivity index (χ1) is 11.2. The summed E-state index contributed by atoms with van der Waals surface area (Å²) in [6, 6.07) is 14.4. The molecule has 0 aromatic heterocycles. The van der Waals surface area contributed by atoms with Gasteiger partial charge in [-0.2, -0.15) is 0 Å². The molecule has 0 saturated heterocycles. The Morgan fingerprint density at radius 2 is 1.83 bits per heavy atom. The van der Waals surface area contributed by atoms with E-state index in [0.29, 0.717) is 6.54 Å². The first-order valence-electron chi connectivity index (χ1n) is 7.54. The second-order valence-electron chi connectivity index (χ2n) is 5.04. The van der Waals surface area contributed by atoms with Gasteiger partial charge in [-0.05, 0) is 30.2 Å². The fraction of sp³-hybridized carbons (Fsp3) is 0.278. The van der Waals surface area contributed by atoms with Gasteiger partial charge in [0, 0.05) is 25.7 Å². The molecule has 0 aliphatic rings. The van der Waals surface area contributed by atoms with Crippen LogP contribution < -0.4 is 15.4 Å². The highest BCUT2D eigenvalue weighted by atomic mass is 19.1. The number of hydrogen-bond donors (Lipinski definition) is 2. The molecule has 0 aliphatic carbocycles. The third-order valence-corrected chi connectivity index (χ3v) is 3.48. The number of benzene rings is 2. The highest BCUT2D eigenvalue weighted by molar-refractivity contribution is 5.79. The number of para-hydroxylation sites is 1. The molecule has 2 aromatic carbocycles. The van der Waals surface area contributed by atoms with E-state index < -0.39 is 0 Å². The van der Waals surface area contributed by atoms with Crippen LogP contribution in [0.25, 0.3) is 0 Å². The molecule has 0 atom stereocenters. The SMILES string of the molecule is CN=C(NCCc1ccc(F)cc1)NCc1ccccc1OC. The van der Waals surface area contributed by atoms with Crippen molar-refractivity contribution in [2.24, 2.45) is 4.99 Å². The van der Waals surface area contributed by atoms with Crippen LogP contribution in [0.1, 0.15) is 11.1 Å². The number of nitrogens with zero attached hydrogens (tertiary/aromatic N) is 1. The molecule has 4 nitrogen and oxygen atoms in total. The molecule has 0 heterocycles. The maximum Gasteiger partial charge on any atom is 0.191 e. The van der Waals surface area contributed by atoms with Crippen molar-refractivity contribution in [3.05, 3.63) is 65.5 Å². The number of nitrogens with one attached hydrogen (secondary N) is 2. The number of guanidine groups is 1. The summed E-state index contributed by atoms with van der Waals surface area (Å²) >= 11 is 0. The van der Waals surface area contributed by atoms with Crippen molar-refractivity contribution in [1.82, 2.24) is 10.6 Å². The van der Waals surface area contributed by atoms with Crippen LogP contribution in [-0.2, 0) is 13.0 Å². The lowest BCUT2D eigenvalue weighted by atomic mass is 10.1. The molecule has 2 N–H and O–H groups in total. The van der Waals surface area contributed by atoms with Crippen LogP contribution in [0.5, 0.6) is 5.75 Å². The minimum atomic E-state index is -0.212. The van der Waals surface area contributed by atoms with Gasteiger partial charge < -0.3 is 15.4 Å². The number of rotatable bonds is 6. The smallest absolute Gasteiger partial charge is 0.191 e. The summed E-state index contributed by atoms with van der Waals surface area (Å²) in [5.41, 5.74) is 2.15. The summed E-state index contributed by atoms with van der Waals surface area (Å²) in [7, 11) is 3.39. The Morgan fingerprint density at radius 1 is 1.09 bits per heavy atom. The van der Waals surface area contributed by atoms with Crippen molar-refractivity contribution in [1.29, 1.82) is 0 Å². The largest absolute Gasteiger partial charge is 0.496 e. The van der Waals surface area contributed by atoms with Crippen LogP contribution in [0.4, 0.5) is 4.39 Å². The molecule has 2 aromatic rings. The van der Waals surface area contributed by atoms with Crippen molar-refractivity contribution < 1.29 is 9.13 Å². The Morgan fingerprint density at radius 3 is 2.52 bits per heavy atom. The molecule has 2 rings (SSSR count). The van der Waals surface area contributed by atoms with E-state index in [4.69, 9.17) is 4.74 Å². The zero-order valence-corrected chi connectivity index (χ0v) is 13.5. The van der Waals surface area contributed by atoms with Gasteiger partial charge >= 0.3 is 0 Å². The molecule has 23 heavy (non-hydrogen) atoms. The molecule has 0 unspecified atom stereocenters. The Bertz CT molecular complexity index is 641. The molecular formula is C18H22FN3O. The lowest BCUT2D eigenvalue weighted by Crippen LogP contribution is -2.37. The highest BCUT2D eigenvalue weighted by Crippen LogP contribution is 2.16. The molecule has 0 fully saturated rings. The molecule has 122 valence electrons. The number of aliphatic imine (C=N–C) groups is 1. The summed E-state index contributed by atoms with van der Waals surface area (Å²) in [6.07, 6.45) is 0.801. The monoisotopic (exact) mass is 315 g/mol. The van der Waals surface area contributed by atoms with Crippen molar-refractivity contribution >= 4 is 5.96 Å². The van der Waals surface area contributed by atoms with E-state index in [2.05, 4.69) is 15.6 Å². The molecule has 5 heteroatoms. The van der Waals surface area contributed by atoms with Gasteiger partial charge in [-0.25, -0.2) is 4.39 Å². The number of ether oxygens (including phenoxy) is 1. The molecule has 0 spiro atoms. The quantitative estimate of drug-likeness (QED) is 0.636. The Balaban J connectivity index is 1.80. The Labute approximate surface area is 136 Å². The topological polar surface area (TPSA) is 45.7 Å². The van der Waals surface area contributed by atoms with Crippen molar-refractivity contribution in [2.45, 2.75) is 13.0 Å². The van der Waals surface area contributed by atoms with E-state index in [-0.39, 0.29) is 5.82 Å². The van der Waals surface area contributed by atoms with Crippen LogP contribution in [0.3, 0.4) is 0 Å². The Kier molecular flexibility index (Phi) is 6.41. The fourth-order valence-corrected chi connectivity index (χ4v) is 2.22. The first-order valence-corrected chi connectivity index (χ1v) is 7.54. The van der Waals surface area contributed by atoms with Gasteiger partial charge in [-0.1, -0.05) is 30.3 Å². The third-order valence-electron chi connectivity index (χ3n) is 3.48. The summed E-state index contributed by atoms with van der Waals surface area (Å²) in [5, 5.41) is 6.50. The van der Waals surface area contributed by atoms with Gasteiger partial charge in [-0.3, -0.25) is 4.99 Å². The van der Waals surface area contributed by atoms with E-state index >= 15 is 0 Å². The van der Waals surface area contributed by atoms with Gasteiger partial charge in [0.2, 0.25) is 0 Å². The van der Waals surface area contributed by atoms with E-state index in [1.807, 2.05) is 24.3 Å². The van der Waals surface area contributed by atoms with E-state index in [1.54, 1.807) is 26.3 Å². The third kappa shape index (κ3) is 5.29. The number of hydrogen-bond acceptors (Lipinski definition) is 2. The van der Waals surface area contributed by atoms with Crippen molar-refractivity contribution in [3.8, 4) is 5.75 Å². The van der Waals surface area contributed by atoms with E-state index in [0.717, 1.165) is 35.8 Å². The summed E-state index contributed by atoms with van der Waals surface area (Å²) < 4.78 is 18.2. The summed E-state index contributed by atoms with van der Waals surface area (Å²) in [5.74, 6) is 1.36. The summed E-state index contributed by atoms with van der Waals surface area (Å²) in [6.45, 7) is 1.34. The van der Waals surface area contributed by atoms with Crippen molar-refractivity contribution in [3.63, 3.8) is 0 Å². The van der Waals surface area contributed by atoms with E-state index in [1.165, 1.54) is 12.1 Å². The normalized spacial score (nSPS) is 11.2. The van der Waals surface area contributed by atoms with Gasteiger partial charge in [-0.15, -0.1) is 0 Å². The van der Waals surface area contributed by atoms with Crippen LogP contribution in [-0.4, -0.2) is 26.7 Å². The molecule has 0 radical (unpaired) electrons. The zero-order valence-electron chi connectivity index (χ0n) is 13.5. The summed E-state index contributed by atoms with van der Waals surface area (Å²) in [4.78, 5) is 4.20. The number of methoxy groups -OCH3 is 1. The van der Waals surface area contributed by atoms with Crippen LogP contribution in [0, 0.1) is 5.82 Å². The van der Waals surface area contributed by atoms with Crippen LogP contribution in [0.2, 0.25) is 0 Å². The zero-order chi connectivity index (χ0) is 16.5. The Hall–Kier alpha value is -2.56. The van der Waals surface area contributed by atoms with Crippen molar-refractivity contribution in [2.75, 3.05) is 20.7 Å². The molecule has 0 bridgehead atoms. The molecule has 0 amide bonds. The first kappa shape index (κ1) is 16.8. The molecule has 0 saturated carbocycles. The van der Waals surface area contributed by atoms with Gasteiger partial charge in [0.15, 0.2) is 5.96 Å².